The molecule has 2 heterocycles. The summed E-state index contributed by atoms with van der Waals surface area (Å²) in [7, 11) is 0. The van der Waals surface area contributed by atoms with Crippen molar-refractivity contribution in [3.63, 3.8) is 0 Å². The first-order chi connectivity index (χ1) is 7.34. The van der Waals surface area contributed by atoms with Gasteiger partial charge in [0.1, 0.15) is 0 Å². The molecule has 1 aliphatic rings. The summed E-state index contributed by atoms with van der Waals surface area (Å²) in [4.78, 5) is 8.43. The van der Waals surface area contributed by atoms with Crippen LogP contribution >= 0.6 is 46.1 Å². The lowest BCUT2D eigenvalue weighted by molar-refractivity contribution is 0.971. The topological polar surface area (TPSA) is 37.8 Å². The molecule has 0 bridgehead atoms. The molecule has 0 amide bonds. The van der Waals surface area contributed by atoms with E-state index in [1.54, 1.807) is 0 Å². The van der Waals surface area contributed by atoms with Crippen molar-refractivity contribution in [3.05, 3.63) is 16.0 Å². The maximum absolute atomic E-state index is 4.22. The molecule has 0 saturated carbocycles. The van der Waals surface area contributed by atoms with Gasteiger partial charge in [-0.05, 0) is 22.6 Å². The van der Waals surface area contributed by atoms with E-state index in [9.17, 15) is 0 Å². The predicted octanol–water partition coefficient (Wildman–Crippen LogP) is 2.34. The SMILES string of the molecule is Ic1cnc(NCC2CSCCS2)nc1. The molecular weight excluding hydrogens is 341 g/mol. The molecule has 0 aromatic carbocycles. The maximum atomic E-state index is 4.22. The minimum absolute atomic E-state index is 0.701. The van der Waals surface area contributed by atoms with Crippen LogP contribution in [0.4, 0.5) is 5.95 Å². The lowest BCUT2D eigenvalue weighted by Crippen LogP contribution is -2.23. The number of hydrogen-bond donors (Lipinski definition) is 1. The van der Waals surface area contributed by atoms with E-state index in [-0.39, 0.29) is 0 Å². The first kappa shape index (κ1) is 11.8. The molecule has 0 aliphatic carbocycles. The Hall–Kier alpha value is 0.310. The third kappa shape index (κ3) is 3.99. The van der Waals surface area contributed by atoms with Crippen LogP contribution in [0.5, 0.6) is 0 Å². The highest BCUT2D eigenvalue weighted by Gasteiger charge is 2.13. The molecule has 15 heavy (non-hydrogen) atoms. The Kier molecular flexibility index (Phi) is 4.83. The van der Waals surface area contributed by atoms with Crippen molar-refractivity contribution in [2.75, 3.05) is 29.1 Å². The fourth-order valence-electron chi connectivity index (χ4n) is 1.26. The summed E-state index contributed by atoms with van der Waals surface area (Å²) in [5, 5.41) is 3.98. The average molecular weight is 353 g/mol. The first-order valence-electron chi connectivity index (χ1n) is 4.75. The Morgan fingerprint density at radius 3 is 2.87 bits per heavy atom. The molecule has 1 aromatic rings. The minimum atomic E-state index is 0.701. The maximum Gasteiger partial charge on any atom is 0.222 e. The quantitative estimate of drug-likeness (QED) is 0.845. The van der Waals surface area contributed by atoms with Gasteiger partial charge in [0.2, 0.25) is 5.95 Å². The molecule has 1 saturated heterocycles. The van der Waals surface area contributed by atoms with E-state index in [4.69, 9.17) is 0 Å². The second-order valence-electron chi connectivity index (χ2n) is 3.17. The van der Waals surface area contributed by atoms with Gasteiger partial charge in [-0.15, -0.1) is 0 Å². The largest absolute Gasteiger partial charge is 0.353 e. The number of halogens is 1. The lowest BCUT2D eigenvalue weighted by atomic mass is 10.5. The monoisotopic (exact) mass is 353 g/mol. The van der Waals surface area contributed by atoms with Crippen molar-refractivity contribution >= 4 is 52.1 Å². The van der Waals surface area contributed by atoms with Crippen LogP contribution in [0, 0.1) is 3.57 Å². The van der Waals surface area contributed by atoms with E-state index < -0.39 is 0 Å². The Morgan fingerprint density at radius 2 is 2.20 bits per heavy atom. The molecule has 1 N–H and O–H groups in total. The number of hydrogen-bond acceptors (Lipinski definition) is 5. The molecule has 82 valence electrons. The lowest BCUT2D eigenvalue weighted by Gasteiger charge is -2.20. The normalized spacial score (nSPS) is 21.3. The number of rotatable bonds is 3. The molecule has 1 atom stereocenters. The first-order valence-corrected chi connectivity index (χ1v) is 8.03. The molecule has 1 aliphatic heterocycles. The summed E-state index contributed by atoms with van der Waals surface area (Å²) in [6.45, 7) is 0.970. The van der Waals surface area contributed by atoms with Gasteiger partial charge in [-0.1, -0.05) is 0 Å². The van der Waals surface area contributed by atoms with Crippen molar-refractivity contribution in [1.29, 1.82) is 0 Å². The van der Waals surface area contributed by atoms with Crippen molar-refractivity contribution < 1.29 is 0 Å². The van der Waals surface area contributed by atoms with Crippen molar-refractivity contribution in [3.8, 4) is 0 Å². The summed E-state index contributed by atoms with van der Waals surface area (Å²) in [6.07, 6.45) is 3.66. The van der Waals surface area contributed by atoms with E-state index >= 15 is 0 Å². The predicted molar refractivity (Wildman–Crippen MR) is 76.8 cm³/mol. The van der Waals surface area contributed by atoms with Crippen LogP contribution in [0.25, 0.3) is 0 Å². The summed E-state index contributed by atoms with van der Waals surface area (Å²) in [6, 6.07) is 0. The van der Waals surface area contributed by atoms with Crippen LogP contribution in [0.15, 0.2) is 12.4 Å². The van der Waals surface area contributed by atoms with E-state index in [2.05, 4.69) is 37.9 Å². The molecule has 0 spiro atoms. The number of nitrogens with zero attached hydrogens (tertiary/aromatic N) is 2. The molecule has 3 nitrogen and oxygen atoms in total. The number of aromatic nitrogens is 2. The summed E-state index contributed by atoms with van der Waals surface area (Å²) in [5.74, 6) is 4.54. The fourth-order valence-corrected chi connectivity index (χ4v) is 4.15. The highest BCUT2D eigenvalue weighted by molar-refractivity contribution is 14.1. The van der Waals surface area contributed by atoms with Crippen LogP contribution in [0.1, 0.15) is 0 Å². The Bertz CT molecular complexity index is 301. The van der Waals surface area contributed by atoms with Crippen molar-refractivity contribution in [2.24, 2.45) is 0 Å². The summed E-state index contributed by atoms with van der Waals surface area (Å²) >= 11 is 6.29. The molecule has 1 aromatic heterocycles. The van der Waals surface area contributed by atoms with Gasteiger partial charge in [0.05, 0.1) is 0 Å². The Labute approximate surface area is 112 Å². The van der Waals surface area contributed by atoms with E-state index in [1.807, 2.05) is 35.9 Å². The third-order valence-electron chi connectivity index (χ3n) is 1.99. The highest BCUT2D eigenvalue weighted by Crippen LogP contribution is 2.23. The molecule has 1 fully saturated rings. The Morgan fingerprint density at radius 1 is 1.40 bits per heavy atom. The van der Waals surface area contributed by atoms with Crippen LogP contribution in [-0.4, -0.2) is 39.0 Å². The van der Waals surface area contributed by atoms with Crippen molar-refractivity contribution in [2.45, 2.75) is 5.25 Å². The van der Waals surface area contributed by atoms with Crippen LogP contribution < -0.4 is 5.32 Å². The number of thioether (sulfide) groups is 2. The van der Waals surface area contributed by atoms with Gasteiger partial charge in [-0.3, -0.25) is 0 Å². The van der Waals surface area contributed by atoms with Crippen LogP contribution in [0.2, 0.25) is 0 Å². The van der Waals surface area contributed by atoms with Gasteiger partial charge in [0.15, 0.2) is 0 Å². The van der Waals surface area contributed by atoms with E-state index in [0.29, 0.717) is 5.25 Å². The number of anilines is 1. The van der Waals surface area contributed by atoms with Crippen LogP contribution in [-0.2, 0) is 0 Å². The van der Waals surface area contributed by atoms with Crippen molar-refractivity contribution in [1.82, 2.24) is 9.97 Å². The van der Waals surface area contributed by atoms with E-state index in [0.717, 1.165) is 16.1 Å². The molecular formula is C9H12IN3S2. The standard InChI is InChI=1S/C9H12IN3S2/c10-7-3-11-9(12-4-7)13-5-8-6-14-1-2-15-8/h3-4,8H,1-2,5-6H2,(H,11,12,13). The second-order valence-corrected chi connectivity index (χ2v) is 6.98. The van der Waals surface area contributed by atoms with Gasteiger partial charge < -0.3 is 5.32 Å². The Balaban J connectivity index is 1.79. The zero-order chi connectivity index (χ0) is 10.5. The second kappa shape index (κ2) is 6.15. The zero-order valence-corrected chi connectivity index (χ0v) is 11.9. The fraction of sp³-hybridized carbons (Fsp3) is 0.556. The number of nitrogens with one attached hydrogen (secondary N) is 1. The molecule has 2 rings (SSSR count). The highest BCUT2D eigenvalue weighted by atomic mass is 127. The average Bonchev–Trinajstić information content (AvgIpc) is 2.30. The summed E-state index contributed by atoms with van der Waals surface area (Å²) < 4.78 is 1.07. The van der Waals surface area contributed by atoms with Crippen LogP contribution in [0.3, 0.4) is 0 Å². The van der Waals surface area contributed by atoms with Gasteiger partial charge in [-0.2, -0.15) is 23.5 Å². The zero-order valence-electron chi connectivity index (χ0n) is 8.15. The van der Waals surface area contributed by atoms with Gasteiger partial charge >= 0.3 is 0 Å². The molecule has 0 radical (unpaired) electrons. The molecule has 1 unspecified atom stereocenters. The van der Waals surface area contributed by atoms with Gasteiger partial charge in [0, 0.05) is 45.0 Å². The molecule has 6 heteroatoms. The van der Waals surface area contributed by atoms with Gasteiger partial charge in [-0.25, -0.2) is 9.97 Å². The van der Waals surface area contributed by atoms with E-state index in [1.165, 1.54) is 17.3 Å². The summed E-state index contributed by atoms with van der Waals surface area (Å²) in [5.41, 5.74) is 0. The third-order valence-corrected chi connectivity index (χ3v) is 5.40. The minimum Gasteiger partial charge on any atom is -0.353 e. The smallest absolute Gasteiger partial charge is 0.222 e. The van der Waals surface area contributed by atoms with Gasteiger partial charge in [0.25, 0.3) is 0 Å².